The number of halogens is 2. The average Bonchev–Trinajstić information content (AvgIpc) is 2.67. The third-order valence-corrected chi connectivity index (χ3v) is 4.51. The minimum atomic E-state index is -0.735. The van der Waals surface area contributed by atoms with E-state index in [0.717, 1.165) is 14.2 Å². The topological polar surface area (TPSA) is 29.5 Å². The standard InChI is InChI=1S/C13H12BrClO2S/c1-7-9(6-12(14)18-7)13(16)10-5-8(15)3-4-11(10)17-2/h3-6,13,16H,1-2H3. The zero-order valence-corrected chi connectivity index (χ0v) is 13.1. The molecular formula is C13H12BrClO2S. The number of hydrogen-bond acceptors (Lipinski definition) is 3. The normalized spacial score (nSPS) is 12.5. The van der Waals surface area contributed by atoms with E-state index in [9.17, 15) is 5.11 Å². The van der Waals surface area contributed by atoms with Gasteiger partial charge >= 0.3 is 0 Å². The average molecular weight is 348 g/mol. The lowest BCUT2D eigenvalue weighted by Crippen LogP contribution is -2.02. The van der Waals surface area contributed by atoms with E-state index >= 15 is 0 Å². The van der Waals surface area contributed by atoms with Gasteiger partial charge in [0.1, 0.15) is 11.9 Å². The summed E-state index contributed by atoms with van der Waals surface area (Å²) < 4.78 is 6.26. The van der Waals surface area contributed by atoms with Gasteiger partial charge in [-0.1, -0.05) is 11.6 Å². The van der Waals surface area contributed by atoms with E-state index in [4.69, 9.17) is 16.3 Å². The van der Waals surface area contributed by atoms with Crippen molar-refractivity contribution in [3.8, 4) is 5.75 Å². The zero-order valence-electron chi connectivity index (χ0n) is 9.91. The van der Waals surface area contributed by atoms with Gasteiger partial charge in [-0.2, -0.15) is 0 Å². The number of hydrogen-bond donors (Lipinski definition) is 1. The van der Waals surface area contributed by atoms with Gasteiger partial charge in [-0.05, 0) is 52.7 Å². The molecule has 1 heterocycles. The van der Waals surface area contributed by atoms with Gasteiger partial charge in [-0.3, -0.25) is 0 Å². The lowest BCUT2D eigenvalue weighted by Gasteiger charge is -2.15. The van der Waals surface area contributed by atoms with E-state index in [1.807, 2.05) is 13.0 Å². The van der Waals surface area contributed by atoms with Crippen LogP contribution in [0.15, 0.2) is 28.1 Å². The van der Waals surface area contributed by atoms with Crippen LogP contribution < -0.4 is 4.74 Å². The second-order valence-electron chi connectivity index (χ2n) is 3.85. The molecule has 0 radical (unpaired) electrons. The molecule has 1 aromatic carbocycles. The number of thiophene rings is 1. The molecule has 0 saturated heterocycles. The number of rotatable bonds is 3. The van der Waals surface area contributed by atoms with Crippen LogP contribution in [-0.2, 0) is 0 Å². The van der Waals surface area contributed by atoms with Gasteiger partial charge in [0.15, 0.2) is 0 Å². The van der Waals surface area contributed by atoms with Crippen LogP contribution in [-0.4, -0.2) is 12.2 Å². The van der Waals surface area contributed by atoms with E-state index < -0.39 is 6.10 Å². The van der Waals surface area contributed by atoms with Crippen molar-refractivity contribution in [3.05, 3.63) is 49.1 Å². The van der Waals surface area contributed by atoms with Gasteiger partial charge in [-0.25, -0.2) is 0 Å². The first-order valence-electron chi connectivity index (χ1n) is 5.30. The fraction of sp³-hybridized carbons (Fsp3) is 0.231. The van der Waals surface area contributed by atoms with Crippen LogP contribution in [0.2, 0.25) is 5.02 Å². The van der Waals surface area contributed by atoms with Crippen molar-refractivity contribution in [2.75, 3.05) is 7.11 Å². The van der Waals surface area contributed by atoms with Crippen molar-refractivity contribution >= 4 is 38.9 Å². The summed E-state index contributed by atoms with van der Waals surface area (Å²) in [7, 11) is 1.58. The Balaban J connectivity index is 2.48. The Bertz CT molecular complexity index is 568. The summed E-state index contributed by atoms with van der Waals surface area (Å²) in [6, 6.07) is 7.16. The number of aliphatic hydroxyl groups is 1. The molecule has 96 valence electrons. The lowest BCUT2D eigenvalue weighted by molar-refractivity contribution is 0.214. The minimum absolute atomic E-state index is 0.580. The molecule has 0 amide bonds. The zero-order chi connectivity index (χ0) is 13.3. The highest BCUT2D eigenvalue weighted by atomic mass is 79.9. The van der Waals surface area contributed by atoms with Gasteiger partial charge in [-0.15, -0.1) is 11.3 Å². The van der Waals surface area contributed by atoms with Gasteiger partial charge in [0.2, 0.25) is 0 Å². The predicted molar refractivity (Wildman–Crippen MR) is 78.8 cm³/mol. The van der Waals surface area contributed by atoms with Crippen LogP contribution >= 0.6 is 38.9 Å². The van der Waals surface area contributed by atoms with Gasteiger partial charge in [0.05, 0.1) is 10.9 Å². The van der Waals surface area contributed by atoms with Crippen LogP contribution in [0.25, 0.3) is 0 Å². The summed E-state index contributed by atoms with van der Waals surface area (Å²) in [4.78, 5) is 1.07. The van der Waals surface area contributed by atoms with Crippen molar-refractivity contribution in [1.82, 2.24) is 0 Å². The maximum absolute atomic E-state index is 10.5. The van der Waals surface area contributed by atoms with Gasteiger partial charge in [0, 0.05) is 15.5 Å². The fourth-order valence-corrected chi connectivity index (χ4v) is 3.74. The summed E-state index contributed by atoms with van der Waals surface area (Å²) in [6.45, 7) is 1.98. The molecule has 18 heavy (non-hydrogen) atoms. The van der Waals surface area contributed by atoms with Crippen molar-refractivity contribution < 1.29 is 9.84 Å². The SMILES string of the molecule is COc1ccc(Cl)cc1C(O)c1cc(Br)sc1C. The molecule has 1 unspecified atom stereocenters. The van der Waals surface area contributed by atoms with Crippen LogP contribution in [0.5, 0.6) is 5.75 Å². The third-order valence-electron chi connectivity index (χ3n) is 2.71. The van der Waals surface area contributed by atoms with Gasteiger partial charge in [0.25, 0.3) is 0 Å². The van der Waals surface area contributed by atoms with Crippen LogP contribution in [0, 0.1) is 6.92 Å². The van der Waals surface area contributed by atoms with Crippen molar-refractivity contribution in [3.63, 3.8) is 0 Å². The summed E-state index contributed by atoms with van der Waals surface area (Å²) in [5, 5.41) is 11.0. The highest BCUT2D eigenvalue weighted by Crippen LogP contribution is 2.37. The number of aliphatic hydroxyl groups excluding tert-OH is 1. The molecule has 0 saturated carbocycles. The van der Waals surface area contributed by atoms with E-state index in [1.165, 1.54) is 0 Å². The summed E-state index contributed by atoms with van der Waals surface area (Å²) in [5.74, 6) is 0.633. The number of methoxy groups -OCH3 is 1. The third kappa shape index (κ3) is 2.72. The van der Waals surface area contributed by atoms with Crippen LogP contribution in [0.1, 0.15) is 22.1 Å². The number of aryl methyl sites for hydroxylation is 1. The predicted octanol–water partition coefficient (Wildman–Crippen LogP) is 4.56. The maximum Gasteiger partial charge on any atom is 0.125 e. The molecule has 1 aromatic heterocycles. The second-order valence-corrected chi connectivity index (χ2v) is 6.92. The molecule has 5 heteroatoms. The first kappa shape index (κ1) is 13.9. The molecule has 0 fully saturated rings. The molecule has 2 aromatic rings. The molecule has 2 rings (SSSR count). The van der Waals surface area contributed by atoms with E-state index in [-0.39, 0.29) is 0 Å². The number of benzene rings is 1. The first-order valence-corrected chi connectivity index (χ1v) is 7.29. The molecule has 0 spiro atoms. The van der Waals surface area contributed by atoms with Gasteiger partial charge < -0.3 is 9.84 Å². The molecule has 0 aliphatic heterocycles. The van der Waals surface area contributed by atoms with Crippen LogP contribution in [0.3, 0.4) is 0 Å². The van der Waals surface area contributed by atoms with E-state index in [1.54, 1.807) is 36.6 Å². The molecule has 1 atom stereocenters. The summed E-state index contributed by atoms with van der Waals surface area (Å²) >= 11 is 11.0. The van der Waals surface area contributed by atoms with Crippen molar-refractivity contribution in [2.45, 2.75) is 13.0 Å². The minimum Gasteiger partial charge on any atom is -0.496 e. The van der Waals surface area contributed by atoms with Crippen LogP contribution in [0.4, 0.5) is 0 Å². The van der Waals surface area contributed by atoms with E-state index in [2.05, 4.69) is 15.9 Å². The summed E-state index contributed by atoms with van der Waals surface area (Å²) in [6.07, 6.45) is -0.735. The Morgan fingerprint density at radius 1 is 1.33 bits per heavy atom. The molecular weight excluding hydrogens is 336 g/mol. The number of ether oxygens (including phenoxy) is 1. The lowest BCUT2D eigenvalue weighted by atomic mass is 10.0. The maximum atomic E-state index is 10.5. The molecule has 0 bridgehead atoms. The Kier molecular flexibility index (Phi) is 4.33. The molecule has 2 nitrogen and oxygen atoms in total. The highest BCUT2D eigenvalue weighted by molar-refractivity contribution is 9.11. The Morgan fingerprint density at radius 3 is 2.61 bits per heavy atom. The molecule has 1 N–H and O–H groups in total. The van der Waals surface area contributed by atoms with Crippen molar-refractivity contribution in [2.24, 2.45) is 0 Å². The molecule has 0 aliphatic rings. The smallest absolute Gasteiger partial charge is 0.125 e. The monoisotopic (exact) mass is 346 g/mol. The second kappa shape index (κ2) is 5.61. The Morgan fingerprint density at radius 2 is 2.06 bits per heavy atom. The molecule has 0 aliphatic carbocycles. The quantitative estimate of drug-likeness (QED) is 0.882. The Labute approximate surface area is 123 Å². The fourth-order valence-electron chi connectivity index (χ4n) is 1.82. The van der Waals surface area contributed by atoms with E-state index in [0.29, 0.717) is 16.3 Å². The summed E-state index contributed by atoms with van der Waals surface area (Å²) in [5.41, 5.74) is 1.55. The van der Waals surface area contributed by atoms with Crippen molar-refractivity contribution in [1.29, 1.82) is 0 Å². The Hall–Kier alpha value is -0.550. The highest BCUT2D eigenvalue weighted by Gasteiger charge is 2.19. The first-order chi connectivity index (χ1) is 8.52. The largest absolute Gasteiger partial charge is 0.496 e.